The van der Waals surface area contributed by atoms with Crippen molar-refractivity contribution in [3.63, 3.8) is 0 Å². The van der Waals surface area contributed by atoms with Gasteiger partial charge in [0, 0.05) is 24.5 Å². The zero-order valence-corrected chi connectivity index (χ0v) is 19.4. The van der Waals surface area contributed by atoms with Crippen molar-refractivity contribution in [3.05, 3.63) is 83.5 Å². The van der Waals surface area contributed by atoms with E-state index in [2.05, 4.69) is 40.2 Å². The van der Waals surface area contributed by atoms with Crippen LogP contribution in [0.4, 0.5) is 10.1 Å². The van der Waals surface area contributed by atoms with Gasteiger partial charge in [-0.3, -0.25) is 9.78 Å². The molecule has 1 aromatic heterocycles. The summed E-state index contributed by atoms with van der Waals surface area (Å²) in [6, 6.07) is 9.71. The van der Waals surface area contributed by atoms with Crippen LogP contribution in [0.25, 0.3) is 0 Å². The highest BCUT2D eigenvalue weighted by Gasteiger charge is 2.26. The van der Waals surface area contributed by atoms with Crippen LogP contribution in [0.3, 0.4) is 0 Å². The monoisotopic (exact) mass is 426 g/mol. The van der Waals surface area contributed by atoms with Gasteiger partial charge in [-0.25, -0.2) is 9.82 Å². The molecule has 2 aromatic rings. The van der Waals surface area contributed by atoms with Crippen LogP contribution in [-0.2, 0) is 6.54 Å². The van der Waals surface area contributed by atoms with E-state index in [1.807, 2.05) is 51.1 Å². The van der Waals surface area contributed by atoms with Crippen molar-refractivity contribution in [3.8, 4) is 0 Å². The molecule has 31 heavy (non-hydrogen) atoms. The van der Waals surface area contributed by atoms with Gasteiger partial charge in [0.2, 0.25) is 0 Å². The predicted molar refractivity (Wildman–Crippen MR) is 127 cm³/mol. The summed E-state index contributed by atoms with van der Waals surface area (Å²) in [7, 11) is 0. The van der Waals surface area contributed by atoms with Gasteiger partial charge in [-0.05, 0) is 62.1 Å². The number of hydrogen-bond donors (Lipinski definition) is 3. The number of nitrogens with one attached hydrogen (secondary N) is 3. The minimum Gasteiger partial charge on any atom is -0.348 e. The van der Waals surface area contributed by atoms with Gasteiger partial charge in [0.1, 0.15) is 0 Å². The van der Waals surface area contributed by atoms with Crippen LogP contribution < -0.4 is 16.2 Å². The van der Waals surface area contributed by atoms with Crippen LogP contribution in [0.1, 0.15) is 69.1 Å². The molecule has 2 heterocycles. The molecule has 1 aliphatic rings. The van der Waals surface area contributed by atoms with Crippen LogP contribution in [0, 0.1) is 5.92 Å². The smallest absolute Gasteiger partial charge is 0.251 e. The van der Waals surface area contributed by atoms with E-state index in [0.717, 1.165) is 16.8 Å². The Bertz CT molecular complexity index is 861. The zero-order valence-electron chi connectivity index (χ0n) is 19.4. The Balaban J connectivity index is 0.000000605. The Morgan fingerprint density at radius 2 is 2.00 bits per heavy atom. The number of nitrogens with zero attached hydrogens (tertiary/aromatic N) is 1. The zero-order chi connectivity index (χ0) is 23.2. The Morgan fingerprint density at radius 1 is 1.29 bits per heavy atom. The fourth-order valence-corrected chi connectivity index (χ4v) is 2.92. The maximum absolute atomic E-state index is 12.4. The van der Waals surface area contributed by atoms with Crippen LogP contribution >= 0.6 is 0 Å². The SMILES string of the molecule is C/C=C(\C)F.C/C=C\C(C)C1NNc2ccc(C(=O)NCc3cccnc3)cc21.CC. The van der Waals surface area contributed by atoms with Gasteiger partial charge >= 0.3 is 0 Å². The molecule has 0 spiro atoms. The first-order chi connectivity index (χ1) is 15.0. The van der Waals surface area contributed by atoms with Crippen LogP contribution in [0.15, 0.2) is 66.8 Å². The molecule has 5 nitrogen and oxygen atoms in total. The lowest BCUT2D eigenvalue weighted by Crippen LogP contribution is -2.24. The van der Waals surface area contributed by atoms with Crippen molar-refractivity contribution in [2.75, 3.05) is 5.43 Å². The molecule has 6 heteroatoms. The third-order valence-corrected chi connectivity index (χ3v) is 4.61. The fourth-order valence-electron chi connectivity index (χ4n) is 2.92. The van der Waals surface area contributed by atoms with Crippen molar-refractivity contribution in [2.45, 2.75) is 54.1 Å². The van der Waals surface area contributed by atoms with Crippen molar-refractivity contribution in [2.24, 2.45) is 5.92 Å². The van der Waals surface area contributed by atoms with Crippen LogP contribution in [-0.4, -0.2) is 10.9 Å². The summed E-state index contributed by atoms with van der Waals surface area (Å²) in [5.41, 5.74) is 10.3. The quantitative estimate of drug-likeness (QED) is 0.505. The average Bonchev–Trinajstić information content (AvgIpc) is 3.23. The second kappa shape index (κ2) is 14.1. The van der Waals surface area contributed by atoms with Gasteiger partial charge in [-0.2, -0.15) is 0 Å². The first kappa shape index (κ1) is 26.0. The molecule has 0 saturated heterocycles. The van der Waals surface area contributed by atoms with Gasteiger partial charge in [-0.1, -0.05) is 45.1 Å². The Hall–Kier alpha value is -2.99. The standard InChI is InChI=1S/C19H22N4O.C4H7F.C2H6/c1-3-5-13(2)18-16-10-15(7-8-17(16)22-23-18)19(24)21-12-14-6-4-9-20-11-14;1-3-4(2)5;1-2/h3-11,13,18,22-23H,12H2,1-2H3,(H,21,24);3H,1-2H3;1-2H3/b5-3-;4-3+;. The molecule has 0 bridgehead atoms. The summed E-state index contributed by atoms with van der Waals surface area (Å²) in [4.78, 5) is 16.5. The van der Waals surface area contributed by atoms with E-state index < -0.39 is 0 Å². The highest BCUT2D eigenvalue weighted by atomic mass is 19.1. The number of carbonyl (C=O) groups excluding carboxylic acids is 1. The average molecular weight is 427 g/mol. The Kier molecular flexibility index (Phi) is 11.8. The van der Waals surface area contributed by atoms with Crippen LogP contribution in [0.5, 0.6) is 0 Å². The van der Waals surface area contributed by atoms with Gasteiger partial charge in [-0.15, -0.1) is 0 Å². The first-order valence-electron chi connectivity index (χ1n) is 10.7. The second-order valence-corrected chi connectivity index (χ2v) is 6.85. The number of benzene rings is 1. The summed E-state index contributed by atoms with van der Waals surface area (Å²) in [5.74, 6) is 0.133. The largest absolute Gasteiger partial charge is 0.348 e. The number of pyridine rings is 1. The predicted octanol–water partition coefficient (Wildman–Crippen LogP) is 6.10. The summed E-state index contributed by atoms with van der Waals surface area (Å²) >= 11 is 0. The van der Waals surface area contributed by atoms with E-state index >= 15 is 0 Å². The second-order valence-electron chi connectivity index (χ2n) is 6.85. The number of fused-ring (bicyclic) bond motifs is 1. The third kappa shape index (κ3) is 8.34. The maximum Gasteiger partial charge on any atom is 0.251 e. The normalized spacial score (nSPS) is 15.6. The van der Waals surface area contributed by atoms with Gasteiger partial charge in [0.15, 0.2) is 0 Å². The van der Waals surface area contributed by atoms with E-state index in [-0.39, 0.29) is 17.8 Å². The lowest BCUT2D eigenvalue weighted by molar-refractivity contribution is 0.0950. The number of hydrazine groups is 1. The minimum absolute atomic E-state index is 0.0778. The third-order valence-electron chi connectivity index (χ3n) is 4.61. The molecule has 2 unspecified atom stereocenters. The number of allylic oxidation sites excluding steroid dienone is 3. The van der Waals surface area contributed by atoms with Crippen molar-refractivity contribution in [1.82, 2.24) is 15.7 Å². The molecular weight excluding hydrogens is 391 g/mol. The topological polar surface area (TPSA) is 66.0 Å². The summed E-state index contributed by atoms with van der Waals surface area (Å²) in [6.45, 7) is 11.7. The Labute approximate surface area is 185 Å². The number of aromatic nitrogens is 1. The Morgan fingerprint density at radius 3 is 2.58 bits per heavy atom. The van der Waals surface area contributed by atoms with Gasteiger partial charge in [0.05, 0.1) is 17.6 Å². The van der Waals surface area contributed by atoms with E-state index in [4.69, 9.17) is 0 Å². The van der Waals surface area contributed by atoms with Gasteiger partial charge < -0.3 is 10.7 Å². The number of rotatable bonds is 5. The number of halogens is 1. The van der Waals surface area contributed by atoms with E-state index in [0.29, 0.717) is 18.0 Å². The van der Waals surface area contributed by atoms with Crippen molar-refractivity contribution < 1.29 is 9.18 Å². The highest BCUT2D eigenvalue weighted by molar-refractivity contribution is 5.95. The highest BCUT2D eigenvalue weighted by Crippen LogP contribution is 2.34. The molecule has 1 aromatic carbocycles. The number of carbonyl (C=O) groups is 1. The van der Waals surface area contributed by atoms with Crippen LogP contribution in [0.2, 0.25) is 0 Å². The summed E-state index contributed by atoms with van der Waals surface area (Å²) in [6.07, 6.45) is 9.10. The molecule has 0 fully saturated rings. The number of amides is 1. The molecule has 1 aliphatic heterocycles. The van der Waals surface area contributed by atoms with E-state index in [9.17, 15) is 9.18 Å². The summed E-state index contributed by atoms with van der Waals surface area (Å²) < 4.78 is 11.3. The maximum atomic E-state index is 12.4. The van der Waals surface area contributed by atoms with Crippen molar-refractivity contribution in [1.29, 1.82) is 0 Å². The molecule has 2 atom stereocenters. The number of hydrogen-bond acceptors (Lipinski definition) is 4. The molecule has 0 saturated carbocycles. The van der Waals surface area contributed by atoms with Gasteiger partial charge in [0.25, 0.3) is 5.91 Å². The minimum atomic E-state index is -0.120. The molecular formula is C25H35FN4O. The fraction of sp³-hybridized carbons (Fsp3) is 0.360. The lowest BCUT2D eigenvalue weighted by atomic mass is 9.93. The van der Waals surface area contributed by atoms with E-state index in [1.54, 1.807) is 19.3 Å². The molecule has 1 amide bonds. The molecule has 0 aliphatic carbocycles. The molecule has 3 rings (SSSR count). The molecule has 0 radical (unpaired) electrons. The van der Waals surface area contributed by atoms with Crippen molar-refractivity contribution >= 4 is 11.6 Å². The van der Waals surface area contributed by atoms with E-state index in [1.165, 1.54) is 13.0 Å². The lowest BCUT2D eigenvalue weighted by Gasteiger charge is -2.16. The molecule has 3 N–H and O–H groups in total. The summed E-state index contributed by atoms with van der Waals surface area (Å²) in [5, 5.41) is 2.94. The first-order valence-corrected chi connectivity index (χ1v) is 10.7. The number of anilines is 1. The molecule has 168 valence electrons.